The van der Waals surface area contributed by atoms with Gasteiger partial charge in [-0.2, -0.15) is 0 Å². The van der Waals surface area contributed by atoms with Gasteiger partial charge in [0.05, 0.1) is 23.3 Å². The Morgan fingerprint density at radius 1 is 1.14 bits per heavy atom. The van der Waals surface area contributed by atoms with E-state index in [1.54, 1.807) is 6.07 Å². The van der Waals surface area contributed by atoms with E-state index < -0.39 is 0 Å². The summed E-state index contributed by atoms with van der Waals surface area (Å²) in [5, 5.41) is 4.44. The second-order valence-electron chi connectivity index (χ2n) is 9.59. The summed E-state index contributed by atoms with van der Waals surface area (Å²) in [5.74, 6) is 0.915. The van der Waals surface area contributed by atoms with Gasteiger partial charge in [0.25, 0.3) is 5.91 Å². The van der Waals surface area contributed by atoms with Crippen molar-refractivity contribution in [2.24, 2.45) is 0 Å². The molecule has 2 fully saturated rings. The van der Waals surface area contributed by atoms with Crippen molar-refractivity contribution in [2.75, 3.05) is 52.5 Å². The number of halogens is 2. The first-order valence-electron chi connectivity index (χ1n) is 12.8. The molecule has 2 aromatic rings. The fraction of sp³-hybridized carbons (Fsp3) is 0.464. The van der Waals surface area contributed by atoms with Gasteiger partial charge in [0.2, 0.25) is 0 Å². The summed E-state index contributed by atoms with van der Waals surface area (Å²) >= 11 is 12.7. The van der Waals surface area contributed by atoms with Crippen molar-refractivity contribution in [3.05, 3.63) is 69.2 Å². The number of hydrogen-bond acceptors (Lipinski definition) is 5. The molecule has 0 bridgehead atoms. The fourth-order valence-corrected chi connectivity index (χ4v) is 5.26. The fourth-order valence-electron chi connectivity index (χ4n) is 4.88. The maximum absolute atomic E-state index is 13.9. The lowest BCUT2D eigenvalue weighted by atomic mass is 9.93. The molecule has 2 heterocycles. The number of rotatable bonds is 9. The van der Waals surface area contributed by atoms with Gasteiger partial charge in [-0.1, -0.05) is 47.5 Å². The van der Waals surface area contributed by atoms with Gasteiger partial charge < -0.3 is 19.7 Å². The smallest absolute Gasteiger partial charge is 0.251 e. The Morgan fingerprint density at radius 3 is 2.75 bits per heavy atom. The number of hydrogen-bond donors (Lipinski definition) is 1. The third-order valence-electron chi connectivity index (χ3n) is 7.06. The molecule has 0 atom stereocenters. The predicted molar refractivity (Wildman–Crippen MR) is 144 cm³/mol. The monoisotopic (exact) mass is 529 g/mol. The predicted octanol–water partition coefficient (Wildman–Crippen LogP) is 4.64. The highest BCUT2D eigenvalue weighted by Crippen LogP contribution is 2.35. The molecule has 36 heavy (non-hydrogen) atoms. The van der Waals surface area contributed by atoms with Gasteiger partial charge in [-0.25, -0.2) is 0 Å². The molecule has 1 amide bonds. The average molecular weight is 530 g/mol. The van der Waals surface area contributed by atoms with Crippen molar-refractivity contribution in [1.29, 1.82) is 0 Å². The van der Waals surface area contributed by atoms with Crippen LogP contribution in [0.2, 0.25) is 10.0 Å². The molecule has 0 aromatic heterocycles. The number of carbonyl (C=O) groups is 1. The number of morpholine rings is 1. The van der Waals surface area contributed by atoms with Gasteiger partial charge in [-0.3, -0.25) is 9.69 Å². The number of carbonyl (C=O) groups excluding carboxylic acids is 1. The van der Waals surface area contributed by atoms with Gasteiger partial charge in [-0.15, -0.1) is 0 Å². The minimum Gasteiger partial charge on any atom is -0.492 e. The number of nitrogens with one attached hydrogen (secondary N) is 1. The lowest BCUT2D eigenvalue weighted by Gasteiger charge is -2.29. The lowest BCUT2D eigenvalue weighted by Crippen LogP contribution is -2.39. The molecule has 1 aliphatic carbocycles. The van der Waals surface area contributed by atoms with E-state index in [4.69, 9.17) is 32.7 Å². The summed E-state index contributed by atoms with van der Waals surface area (Å²) < 4.78 is 11.5. The van der Waals surface area contributed by atoms with Gasteiger partial charge >= 0.3 is 0 Å². The quantitative estimate of drug-likeness (QED) is 0.512. The zero-order chi connectivity index (χ0) is 24.9. The first kappa shape index (κ1) is 25.6. The van der Waals surface area contributed by atoms with E-state index in [2.05, 4.69) is 22.3 Å². The zero-order valence-electron chi connectivity index (χ0n) is 20.5. The summed E-state index contributed by atoms with van der Waals surface area (Å²) in [6.45, 7) is 6.86. The van der Waals surface area contributed by atoms with Crippen LogP contribution < -0.4 is 10.1 Å². The van der Waals surface area contributed by atoms with Crippen molar-refractivity contribution in [1.82, 2.24) is 15.1 Å². The minimum atomic E-state index is 0.0781. The Bertz CT molecular complexity index is 1110. The Balaban J connectivity index is 1.33. The Kier molecular flexibility index (Phi) is 8.50. The van der Waals surface area contributed by atoms with Crippen LogP contribution in [0.3, 0.4) is 0 Å². The Labute approximate surface area is 223 Å². The molecule has 192 valence electrons. The number of benzene rings is 2. The molecule has 0 spiro atoms. The Morgan fingerprint density at radius 2 is 1.94 bits per heavy atom. The molecular weight excluding hydrogens is 497 g/mol. The van der Waals surface area contributed by atoms with Crippen molar-refractivity contribution >= 4 is 34.7 Å². The molecule has 2 aromatic carbocycles. The van der Waals surface area contributed by atoms with E-state index in [0.29, 0.717) is 29.7 Å². The molecule has 3 aliphatic rings. The van der Waals surface area contributed by atoms with E-state index in [0.717, 1.165) is 86.7 Å². The van der Waals surface area contributed by atoms with Crippen LogP contribution in [0.4, 0.5) is 0 Å². The summed E-state index contributed by atoms with van der Waals surface area (Å²) in [4.78, 5) is 18.2. The van der Waals surface area contributed by atoms with Gasteiger partial charge in [0.1, 0.15) is 12.4 Å². The van der Waals surface area contributed by atoms with Crippen LogP contribution >= 0.6 is 23.2 Å². The molecule has 0 radical (unpaired) electrons. The van der Waals surface area contributed by atoms with Crippen molar-refractivity contribution in [3.8, 4) is 5.75 Å². The van der Waals surface area contributed by atoms with E-state index in [1.807, 2.05) is 29.2 Å². The topological polar surface area (TPSA) is 54.0 Å². The van der Waals surface area contributed by atoms with Gasteiger partial charge in [0.15, 0.2) is 0 Å². The van der Waals surface area contributed by atoms with Gasteiger partial charge in [-0.05, 0) is 60.7 Å². The summed E-state index contributed by atoms with van der Waals surface area (Å²) in [5.41, 5.74) is 3.86. The molecular formula is C28H33Cl2N3O3. The van der Waals surface area contributed by atoms with Crippen LogP contribution in [0.15, 0.2) is 48.0 Å². The molecule has 0 unspecified atom stereocenters. The highest BCUT2D eigenvalue weighted by Gasteiger charge is 2.35. The van der Waals surface area contributed by atoms with E-state index >= 15 is 0 Å². The zero-order valence-corrected chi connectivity index (χ0v) is 22.0. The molecule has 8 heteroatoms. The molecule has 2 aliphatic heterocycles. The van der Waals surface area contributed by atoms with Crippen molar-refractivity contribution in [3.63, 3.8) is 0 Å². The molecule has 1 saturated heterocycles. The molecule has 1 N–H and O–H groups in total. The van der Waals surface area contributed by atoms with Crippen LogP contribution in [0, 0.1) is 0 Å². The standard InChI is InChI=1S/C28H33Cl2N3O3/c29-26-6-2-4-21(27(26)30)19-33(22-7-8-22)28(34)25-18-31-10-9-24(25)20-3-1-5-23(17-20)36-16-13-32-11-14-35-15-12-32/h1-6,17,22,31H,7-16,18-19H2. The van der Waals surface area contributed by atoms with E-state index in [-0.39, 0.29) is 11.9 Å². The Hall–Kier alpha value is -2.09. The van der Waals surface area contributed by atoms with Crippen LogP contribution in [-0.2, 0) is 16.1 Å². The second kappa shape index (κ2) is 12.0. The molecule has 6 nitrogen and oxygen atoms in total. The highest BCUT2D eigenvalue weighted by atomic mass is 35.5. The summed E-state index contributed by atoms with van der Waals surface area (Å²) in [6.07, 6.45) is 2.84. The number of nitrogens with zero attached hydrogens (tertiary/aromatic N) is 2. The third kappa shape index (κ3) is 6.24. The first-order chi connectivity index (χ1) is 17.6. The largest absolute Gasteiger partial charge is 0.492 e. The third-order valence-corrected chi connectivity index (χ3v) is 7.92. The average Bonchev–Trinajstić information content (AvgIpc) is 3.75. The minimum absolute atomic E-state index is 0.0781. The summed E-state index contributed by atoms with van der Waals surface area (Å²) in [6, 6.07) is 14.0. The number of ether oxygens (including phenoxy) is 2. The first-order valence-corrected chi connectivity index (χ1v) is 13.6. The normalized spacial score (nSPS) is 18.8. The number of amides is 1. The van der Waals surface area contributed by atoms with Crippen LogP contribution in [0.5, 0.6) is 5.75 Å². The maximum atomic E-state index is 13.9. The van der Waals surface area contributed by atoms with Crippen molar-refractivity contribution < 1.29 is 14.3 Å². The highest BCUT2D eigenvalue weighted by molar-refractivity contribution is 6.42. The van der Waals surface area contributed by atoms with Crippen LogP contribution in [-0.4, -0.2) is 74.3 Å². The lowest BCUT2D eigenvalue weighted by molar-refractivity contribution is -0.128. The van der Waals surface area contributed by atoms with Crippen LogP contribution in [0.25, 0.3) is 5.57 Å². The van der Waals surface area contributed by atoms with Gasteiger partial charge in [0, 0.05) is 44.3 Å². The maximum Gasteiger partial charge on any atom is 0.251 e. The molecule has 5 rings (SSSR count). The van der Waals surface area contributed by atoms with E-state index in [1.165, 1.54) is 0 Å². The molecule has 1 saturated carbocycles. The SMILES string of the molecule is O=C(C1=C(c2cccc(OCCN3CCOCC3)c2)CCNC1)N(Cc1cccc(Cl)c1Cl)C1CC1. The second-order valence-corrected chi connectivity index (χ2v) is 10.4. The van der Waals surface area contributed by atoms with Crippen LogP contribution in [0.1, 0.15) is 30.4 Å². The van der Waals surface area contributed by atoms with Crippen molar-refractivity contribution in [2.45, 2.75) is 31.8 Å². The van der Waals surface area contributed by atoms with E-state index in [9.17, 15) is 4.79 Å². The summed E-state index contributed by atoms with van der Waals surface area (Å²) in [7, 11) is 0.